The van der Waals surface area contributed by atoms with Gasteiger partial charge in [0, 0.05) is 19.2 Å². The molecule has 0 saturated heterocycles. The maximum Gasteiger partial charge on any atom is 0.0850 e. The fourth-order valence-corrected chi connectivity index (χ4v) is 2.24. The van der Waals surface area contributed by atoms with E-state index < -0.39 is 0 Å². The van der Waals surface area contributed by atoms with E-state index in [4.69, 9.17) is 5.11 Å². The molecule has 0 aromatic carbocycles. The predicted octanol–water partition coefficient (Wildman–Crippen LogP) is 1.71. The first-order valence-corrected chi connectivity index (χ1v) is 5.91. The normalized spacial score (nSPS) is 19.0. The average molecular weight is 209 g/mol. The van der Waals surface area contributed by atoms with Gasteiger partial charge in [0.15, 0.2) is 0 Å². The summed E-state index contributed by atoms with van der Waals surface area (Å²) in [6.45, 7) is 0.156. The van der Waals surface area contributed by atoms with Gasteiger partial charge >= 0.3 is 0 Å². The molecule has 4 heteroatoms. The van der Waals surface area contributed by atoms with Crippen molar-refractivity contribution < 1.29 is 5.11 Å². The summed E-state index contributed by atoms with van der Waals surface area (Å²) < 4.78 is 2.00. The van der Waals surface area contributed by atoms with Crippen LogP contribution in [0.3, 0.4) is 0 Å². The fourth-order valence-electron chi connectivity index (χ4n) is 2.24. The summed E-state index contributed by atoms with van der Waals surface area (Å²) in [7, 11) is 0. The van der Waals surface area contributed by atoms with Crippen molar-refractivity contribution in [2.24, 2.45) is 0 Å². The van der Waals surface area contributed by atoms with Gasteiger partial charge in [0.05, 0.1) is 11.7 Å². The standard InChI is InChI=1S/C11H19N3O/c15-8-7-10-9-14(13-12-10)11-5-3-1-2-4-6-11/h9,11,15H,1-8H2. The zero-order chi connectivity index (χ0) is 10.5. The maximum absolute atomic E-state index is 8.81. The third-order valence-corrected chi connectivity index (χ3v) is 3.12. The second kappa shape index (κ2) is 5.26. The Bertz CT molecular complexity index is 290. The molecule has 15 heavy (non-hydrogen) atoms. The Morgan fingerprint density at radius 3 is 2.67 bits per heavy atom. The molecule has 0 atom stereocenters. The first-order chi connectivity index (χ1) is 7.40. The second-order valence-electron chi connectivity index (χ2n) is 4.31. The molecule has 1 aromatic heterocycles. The van der Waals surface area contributed by atoms with E-state index >= 15 is 0 Å². The minimum absolute atomic E-state index is 0.156. The first kappa shape index (κ1) is 10.6. The van der Waals surface area contributed by atoms with Crippen molar-refractivity contribution in [2.45, 2.75) is 51.0 Å². The van der Waals surface area contributed by atoms with Crippen molar-refractivity contribution in [3.05, 3.63) is 11.9 Å². The molecule has 4 nitrogen and oxygen atoms in total. The lowest BCUT2D eigenvalue weighted by Gasteiger charge is -2.12. The number of hydrogen-bond donors (Lipinski definition) is 1. The van der Waals surface area contributed by atoms with Crippen LogP contribution in [0.2, 0.25) is 0 Å². The van der Waals surface area contributed by atoms with Crippen LogP contribution in [0.5, 0.6) is 0 Å². The van der Waals surface area contributed by atoms with E-state index in [1.807, 2.05) is 10.9 Å². The highest BCUT2D eigenvalue weighted by Crippen LogP contribution is 2.26. The molecule has 0 bridgehead atoms. The third-order valence-electron chi connectivity index (χ3n) is 3.12. The molecule has 0 spiro atoms. The Balaban J connectivity index is 2.00. The fraction of sp³-hybridized carbons (Fsp3) is 0.818. The van der Waals surface area contributed by atoms with E-state index in [1.165, 1.54) is 38.5 Å². The van der Waals surface area contributed by atoms with Crippen LogP contribution in [0.1, 0.15) is 50.3 Å². The molecule has 1 aromatic rings. The third kappa shape index (κ3) is 2.78. The van der Waals surface area contributed by atoms with E-state index in [0.29, 0.717) is 12.5 Å². The Labute approximate surface area is 90.3 Å². The Kier molecular flexibility index (Phi) is 3.72. The van der Waals surface area contributed by atoms with E-state index in [1.54, 1.807) is 0 Å². The minimum atomic E-state index is 0.156. The summed E-state index contributed by atoms with van der Waals surface area (Å²) >= 11 is 0. The maximum atomic E-state index is 8.81. The van der Waals surface area contributed by atoms with E-state index in [2.05, 4.69) is 10.3 Å². The molecule has 0 unspecified atom stereocenters. The van der Waals surface area contributed by atoms with Gasteiger partial charge in [0.25, 0.3) is 0 Å². The lowest BCUT2D eigenvalue weighted by atomic mass is 10.1. The van der Waals surface area contributed by atoms with Crippen LogP contribution in [0.4, 0.5) is 0 Å². The van der Waals surface area contributed by atoms with Crippen molar-refractivity contribution in [1.29, 1.82) is 0 Å². The summed E-state index contributed by atoms with van der Waals surface area (Å²) in [6, 6.07) is 0.535. The summed E-state index contributed by atoms with van der Waals surface area (Å²) in [5.74, 6) is 0. The van der Waals surface area contributed by atoms with Gasteiger partial charge in [-0.2, -0.15) is 0 Å². The lowest BCUT2D eigenvalue weighted by Crippen LogP contribution is -2.08. The average Bonchev–Trinajstić information content (AvgIpc) is 2.53. The van der Waals surface area contributed by atoms with Crippen molar-refractivity contribution >= 4 is 0 Å². The SMILES string of the molecule is OCCc1cn(C2CCCCCC2)nn1. The molecule has 1 N–H and O–H groups in total. The zero-order valence-electron chi connectivity index (χ0n) is 9.10. The molecule has 1 heterocycles. The summed E-state index contributed by atoms with van der Waals surface area (Å²) in [4.78, 5) is 0. The summed E-state index contributed by atoms with van der Waals surface area (Å²) in [5, 5.41) is 17.0. The van der Waals surface area contributed by atoms with Crippen LogP contribution in [0, 0.1) is 0 Å². The molecule has 1 fully saturated rings. The number of aliphatic hydroxyl groups excluding tert-OH is 1. The number of hydrogen-bond acceptors (Lipinski definition) is 3. The molecule has 0 amide bonds. The van der Waals surface area contributed by atoms with E-state index in [9.17, 15) is 0 Å². The van der Waals surface area contributed by atoms with Gasteiger partial charge in [-0.3, -0.25) is 0 Å². The van der Waals surface area contributed by atoms with Gasteiger partial charge < -0.3 is 5.11 Å². The van der Waals surface area contributed by atoms with Crippen molar-refractivity contribution in [1.82, 2.24) is 15.0 Å². The number of rotatable bonds is 3. The Hall–Kier alpha value is -0.900. The molecule has 1 aliphatic carbocycles. The Morgan fingerprint density at radius 2 is 2.00 bits per heavy atom. The van der Waals surface area contributed by atoms with Gasteiger partial charge in [0.1, 0.15) is 0 Å². The number of aliphatic hydroxyl groups is 1. The smallest absolute Gasteiger partial charge is 0.0850 e. The molecule has 0 radical (unpaired) electrons. The van der Waals surface area contributed by atoms with E-state index in [-0.39, 0.29) is 6.61 Å². The van der Waals surface area contributed by atoms with Gasteiger partial charge in [-0.15, -0.1) is 5.10 Å². The van der Waals surface area contributed by atoms with Crippen LogP contribution >= 0.6 is 0 Å². The highest BCUT2D eigenvalue weighted by Gasteiger charge is 2.15. The molecule has 84 valence electrons. The Morgan fingerprint density at radius 1 is 1.27 bits per heavy atom. The largest absolute Gasteiger partial charge is 0.396 e. The van der Waals surface area contributed by atoms with Crippen molar-refractivity contribution in [3.63, 3.8) is 0 Å². The highest BCUT2D eigenvalue weighted by atomic mass is 16.3. The monoisotopic (exact) mass is 209 g/mol. The van der Waals surface area contributed by atoms with E-state index in [0.717, 1.165) is 5.69 Å². The zero-order valence-corrected chi connectivity index (χ0v) is 9.10. The topological polar surface area (TPSA) is 50.9 Å². The van der Waals surface area contributed by atoms with Crippen LogP contribution in [0.15, 0.2) is 6.20 Å². The number of aromatic nitrogens is 3. The molecular formula is C11H19N3O. The van der Waals surface area contributed by atoms with Crippen molar-refractivity contribution in [2.75, 3.05) is 6.61 Å². The lowest BCUT2D eigenvalue weighted by molar-refractivity contribution is 0.298. The van der Waals surface area contributed by atoms with Gasteiger partial charge in [-0.1, -0.05) is 30.9 Å². The minimum Gasteiger partial charge on any atom is -0.396 e. The second-order valence-corrected chi connectivity index (χ2v) is 4.31. The predicted molar refractivity (Wildman–Crippen MR) is 57.6 cm³/mol. The molecule has 2 rings (SSSR count). The molecule has 1 aliphatic rings. The van der Waals surface area contributed by atoms with Crippen LogP contribution in [0.25, 0.3) is 0 Å². The first-order valence-electron chi connectivity index (χ1n) is 5.91. The van der Waals surface area contributed by atoms with Crippen LogP contribution in [-0.2, 0) is 6.42 Å². The van der Waals surface area contributed by atoms with Crippen LogP contribution < -0.4 is 0 Å². The highest BCUT2D eigenvalue weighted by molar-refractivity contribution is 4.93. The molecular weight excluding hydrogens is 190 g/mol. The van der Waals surface area contributed by atoms with Gasteiger partial charge in [-0.05, 0) is 12.8 Å². The number of nitrogens with zero attached hydrogens (tertiary/aromatic N) is 3. The van der Waals surface area contributed by atoms with Gasteiger partial charge in [-0.25, -0.2) is 4.68 Å². The van der Waals surface area contributed by atoms with Crippen LogP contribution in [-0.4, -0.2) is 26.7 Å². The molecule has 1 saturated carbocycles. The molecule has 0 aliphatic heterocycles. The summed E-state index contributed by atoms with van der Waals surface area (Å²) in [5.41, 5.74) is 0.904. The van der Waals surface area contributed by atoms with Gasteiger partial charge in [0.2, 0.25) is 0 Å². The van der Waals surface area contributed by atoms with Crippen molar-refractivity contribution in [3.8, 4) is 0 Å². The summed E-state index contributed by atoms with van der Waals surface area (Å²) in [6.07, 6.45) is 10.4. The quantitative estimate of drug-likeness (QED) is 0.771.